The molecule has 8 heterocycles. The van der Waals surface area contributed by atoms with E-state index in [1.807, 2.05) is 41.5 Å². The highest BCUT2D eigenvalue weighted by atomic mass is 32.2. The van der Waals surface area contributed by atoms with Gasteiger partial charge in [0.1, 0.15) is 13.2 Å². The fourth-order valence-electron chi connectivity index (χ4n) is 7.94. The first-order valence-corrected chi connectivity index (χ1v) is 40.0. The zero-order valence-electron chi connectivity index (χ0n) is 62.4. The normalized spacial score (nSPS) is 28.6. The third-order valence-electron chi connectivity index (χ3n) is 13.2. The summed E-state index contributed by atoms with van der Waals surface area (Å²) < 4.78 is 93.1. The van der Waals surface area contributed by atoms with Crippen LogP contribution < -0.4 is 0 Å². The monoisotopic (exact) mass is 1580 g/mol. The average Bonchev–Trinajstić information content (AvgIpc) is 1.21. The number of hydrogen-bond donors (Lipinski definition) is 0. The molecule has 0 bridgehead atoms. The Labute approximate surface area is 640 Å². The summed E-state index contributed by atoms with van der Waals surface area (Å²) in [6.45, 7) is 56.4. The number of rotatable bonds is 16. The standard InChI is InChI=1S/2C10H16O3S.C9H14O4.3C9H14O3S.C8H12O4.C8H12O3S/c1-7(2)10(11)13-9-6-14-5-4-8(3)12-9;1-7(2)10(11)13-9-6-12-5-4-8(3)14-9;1-6(2)9(10)13-8-5-11-4-7(3)12-8;1-6(2)9(10)12-8-5-11-4-7(3)13-8;1-3-8(10)12-9-6-13-5-4-7(2)11-9;1-3-8(10)12-9-6-11-5-4-7(2)13-9;1-3-7(9)12-8-5-10-4-6(2)11-8;1-3-7(9)11-8-5-10-4-6(2)12-8/h2*8-9H,1,4-6H2,2-3H3;2*7-8H,1,4-5H2,2-3H3;2*3,7,9H,1,4-6H2,2H3;2*3,6,8H,1,4-5H2,2H3. The Morgan fingerprint density at radius 1 is 0.317 bits per heavy atom. The van der Waals surface area contributed by atoms with E-state index < -0.39 is 43.1 Å². The van der Waals surface area contributed by atoms with Crippen LogP contribution in [0.3, 0.4) is 0 Å². The molecular formula is C72H112O26S6. The van der Waals surface area contributed by atoms with Gasteiger partial charge in [0.25, 0.3) is 0 Å². The molecule has 0 amide bonds. The van der Waals surface area contributed by atoms with E-state index in [-0.39, 0.29) is 76.0 Å². The lowest BCUT2D eigenvalue weighted by molar-refractivity contribution is -0.232. The number of carbonyl (C=O) groups excluding carboxylic acids is 8. The number of hydrogen-bond acceptors (Lipinski definition) is 32. The van der Waals surface area contributed by atoms with Gasteiger partial charge in [-0.3, -0.25) is 0 Å². The van der Waals surface area contributed by atoms with Crippen LogP contribution in [0.1, 0.15) is 109 Å². The van der Waals surface area contributed by atoms with E-state index in [0.29, 0.717) is 108 Å². The third-order valence-corrected chi connectivity index (χ3v) is 20.0. The molecule has 26 nitrogen and oxygen atoms in total. The lowest BCUT2D eigenvalue weighted by Gasteiger charge is -2.27. The van der Waals surface area contributed by atoms with Crippen LogP contribution >= 0.6 is 70.6 Å². The minimum atomic E-state index is -0.590. The second-order valence-corrected chi connectivity index (χ2v) is 32.6. The predicted molar refractivity (Wildman–Crippen MR) is 408 cm³/mol. The SMILES string of the molecule is C=C(C)C(=O)OC1COCC(C)O1.C=C(C)C(=O)OC1COCC(C)S1.C=C(C)C(=O)OC1COCCC(C)S1.C=C(C)C(=O)OC1CSCCC(C)O1.C=CC(=O)OC1COCC(C)O1.C=CC(=O)OC1COCC(C)S1.C=CC(=O)OC1COCCC(C)S1.C=CC(=O)OC1CSCCC(C)O1. The van der Waals surface area contributed by atoms with Crippen LogP contribution in [-0.4, -0.2) is 242 Å². The van der Waals surface area contributed by atoms with E-state index in [1.165, 1.54) is 12.2 Å². The van der Waals surface area contributed by atoms with E-state index in [4.69, 9.17) is 85.3 Å². The van der Waals surface area contributed by atoms with Crippen molar-refractivity contribution in [3.8, 4) is 0 Å². The molecule has 8 rings (SSSR count). The molecule has 592 valence electrons. The van der Waals surface area contributed by atoms with Crippen LogP contribution in [0.2, 0.25) is 0 Å². The molecule has 0 radical (unpaired) electrons. The molecule has 16 atom stereocenters. The third kappa shape index (κ3) is 49.4. The molecular weight excluding hydrogens is 1470 g/mol. The van der Waals surface area contributed by atoms with Crippen molar-refractivity contribution in [3.05, 3.63) is 99.2 Å². The highest BCUT2D eigenvalue weighted by molar-refractivity contribution is 8.01. The van der Waals surface area contributed by atoms with Crippen LogP contribution in [0.25, 0.3) is 0 Å². The topological polar surface area (TPSA) is 303 Å². The maximum absolute atomic E-state index is 11.2. The summed E-state index contributed by atoms with van der Waals surface area (Å²) in [6, 6.07) is 0. The minimum Gasteiger partial charge on any atom is -0.446 e. The minimum absolute atomic E-state index is 0.0265. The van der Waals surface area contributed by atoms with Gasteiger partial charge in [-0.25, -0.2) is 38.4 Å². The first kappa shape index (κ1) is 97.4. The summed E-state index contributed by atoms with van der Waals surface area (Å²) >= 11 is 10.0. The summed E-state index contributed by atoms with van der Waals surface area (Å²) in [5, 5.41) is 1.73. The molecule has 8 aliphatic heterocycles. The van der Waals surface area contributed by atoms with Crippen LogP contribution in [-0.2, 0) is 124 Å². The van der Waals surface area contributed by atoms with Crippen molar-refractivity contribution < 1.29 is 124 Å². The molecule has 0 aromatic carbocycles. The molecule has 16 unspecified atom stereocenters. The van der Waals surface area contributed by atoms with Crippen LogP contribution in [0.5, 0.6) is 0 Å². The van der Waals surface area contributed by atoms with E-state index in [1.54, 1.807) is 98.3 Å². The van der Waals surface area contributed by atoms with Crippen molar-refractivity contribution in [2.45, 2.75) is 201 Å². The van der Waals surface area contributed by atoms with Gasteiger partial charge in [-0.2, -0.15) is 23.5 Å². The van der Waals surface area contributed by atoms with Crippen LogP contribution in [0, 0.1) is 0 Å². The van der Waals surface area contributed by atoms with Gasteiger partial charge in [-0.05, 0) is 92.6 Å². The van der Waals surface area contributed by atoms with Gasteiger partial charge in [0.15, 0.2) is 21.7 Å². The maximum Gasteiger partial charge on any atom is 0.335 e. The Morgan fingerprint density at radius 3 is 0.942 bits per heavy atom. The fourth-order valence-corrected chi connectivity index (χ4v) is 14.1. The van der Waals surface area contributed by atoms with Crippen molar-refractivity contribution in [3.63, 3.8) is 0 Å². The molecule has 0 aliphatic carbocycles. The first-order valence-electron chi connectivity index (χ1n) is 33.9. The lowest BCUT2D eigenvalue weighted by Crippen LogP contribution is -2.37. The summed E-state index contributed by atoms with van der Waals surface area (Å²) in [5.74, 6) is 0.388. The van der Waals surface area contributed by atoms with Gasteiger partial charge >= 0.3 is 47.8 Å². The second-order valence-electron chi connectivity index (χ2n) is 23.9. The van der Waals surface area contributed by atoms with Crippen molar-refractivity contribution in [2.75, 3.05) is 102 Å². The number of thioether (sulfide) groups is 6. The summed E-state index contributed by atoms with van der Waals surface area (Å²) in [5.41, 5.74) is 0.936. The highest BCUT2D eigenvalue weighted by Crippen LogP contribution is 2.29. The van der Waals surface area contributed by atoms with Gasteiger partial charge in [-0.1, -0.05) is 80.3 Å². The van der Waals surface area contributed by atoms with E-state index in [9.17, 15) is 38.4 Å². The van der Waals surface area contributed by atoms with Crippen LogP contribution in [0.4, 0.5) is 0 Å². The zero-order valence-corrected chi connectivity index (χ0v) is 67.3. The highest BCUT2D eigenvalue weighted by Gasteiger charge is 2.29. The largest absolute Gasteiger partial charge is 0.446 e. The summed E-state index contributed by atoms with van der Waals surface area (Å²) in [6.07, 6.45) is 6.89. The molecule has 0 N–H and O–H groups in total. The summed E-state index contributed by atoms with van der Waals surface area (Å²) in [7, 11) is 0. The van der Waals surface area contributed by atoms with E-state index in [2.05, 4.69) is 66.5 Å². The Bertz CT molecular complexity index is 2510. The Kier molecular flexibility index (Phi) is 53.8. The van der Waals surface area contributed by atoms with Gasteiger partial charge in [-0.15, -0.1) is 47.0 Å². The predicted octanol–water partition coefficient (Wildman–Crippen LogP) is 11.2. The molecule has 0 aromatic heterocycles. The van der Waals surface area contributed by atoms with E-state index in [0.717, 1.165) is 75.8 Å². The van der Waals surface area contributed by atoms with Gasteiger partial charge in [0.05, 0.1) is 88.8 Å². The maximum atomic E-state index is 11.2. The smallest absolute Gasteiger partial charge is 0.335 e. The molecule has 0 saturated carbocycles. The molecule has 8 saturated heterocycles. The molecule has 8 aliphatic rings. The first-order chi connectivity index (χ1) is 49.2. The number of ether oxygens (including phenoxy) is 18. The van der Waals surface area contributed by atoms with Crippen LogP contribution in [0.15, 0.2) is 99.2 Å². The van der Waals surface area contributed by atoms with Crippen molar-refractivity contribution in [1.82, 2.24) is 0 Å². The molecule has 8 fully saturated rings. The Hall–Kier alpha value is -4.62. The molecule has 32 heteroatoms. The van der Waals surface area contributed by atoms with Gasteiger partial charge in [0, 0.05) is 80.8 Å². The Balaban J connectivity index is 0.000000595. The van der Waals surface area contributed by atoms with Crippen molar-refractivity contribution >= 4 is 118 Å². The molecule has 104 heavy (non-hydrogen) atoms. The average molecular weight is 1590 g/mol. The number of carbonyl (C=O) groups is 8. The van der Waals surface area contributed by atoms with Gasteiger partial charge in [0.2, 0.25) is 25.2 Å². The van der Waals surface area contributed by atoms with Gasteiger partial charge < -0.3 is 85.3 Å². The van der Waals surface area contributed by atoms with Crippen molar-refractivity contribution in [2.24, 2.45) is 0 Å². The van der Waals surface area contributed by atoms with Crippen molar-refractivity contribution in [1.29, 1.82) is 0 Å². The summed E-state index contributed by atoms with van der Waals surface area (Å²) in [4.78, 5) is 87.9. The molecule has 0 spiro atoms. The quantitative estimate of drug-likeness (QED) is 0.0787. The second kappa shape index (κ2) is 57.5. The fraction of sp³-hybridized carbons (Fsp3) is 0.667. The Morgan fingerprint density at radius 2 is 0.596 bits per heavy atom. The van der Waals surface area contributed by atoms with E-state index >= 15 is 0 Å². The lowest BCUT2D eigenvalue weighted by atomic mass is 10.3. The number of esters is 8. The molecule has 0 aromatic rings. The zero-order chi connectivity index (χ0) is 78.1.